The molecule has 0 aliphatic carbocycles. The highest BCUT2D eigenvalue weighted by atomic mass is 19.1. The third-order valence-electron chi connectivity index (χ3n) is 5.08. The van der Waals surface area contributed by atoms with Crippen molar-refractivity contribution in [1.82, 2.24) is 20.0 Å². The molecule has 31 heavy (non-hydrogen) atoms. The van der Waals surface area contributed by atoms with Crippen molar-refractivity contribution in [2.75, 3.05) is 13.1 Å². The van der Waals surface area contributed by atoms with Crippen LogP contribution in [0.3, 0.4) is 0 Å². The second kappa shape index (κ2) is 9.86. The van der Waals surface area contributed by atoms with Crippen molar-refractivity contribution in [3.05, 3.63) is 59.8 Å². The zero-order chi connectivity index (χ0) is 22.4. The maximum absolute atomic E-state index is 13.1. The first-order valence-electron chi connectivity index (χ1n) is 9.82. The number of piperidine rings is 1. The van der Waals surface area contributed by atoms with Gasteiger partial charge in [-0.2, -0.15) is 10.4 Å². The van der Waals surface area contributed by atoms with Crippen molar-refractivity contribution in [3.63, 3.8) is 0 Å². The minimum atomic E-state index is -0.759. The maximum Gasteiger partial charge on any atom is 0.253 e. The van der Waals surface area contributed by atoms with Gasteiger partial charge in [0.2, 0.25) is 0 Å². The van der Waals surface area contributed by atoms with E-state index in [4.69, 9.17) is 11.5 Å². The summed E-state index contributed by atoms with van der Waals surface area (Å²) in [6.07, 6.45) is 3.97. The summed E-state index contributed by atoms with van der Waals surface area (Å²) in [4.78, 5) is 18.3. The highest BCUT2D eigenvalue weighted by Crippen LogP contribution is 2.19. The molecule has 10 heteroatoms. The van der Waals surface area contributed by atoms with Gasteiger partial charge in [0.1, 0.15) is 11.7 Å². The smallest absolute Gasteiger partial charge is 0.253 e. The van der Waals surface area contributed by atoms with Crippen molar-refractivity contribution >= 4 is 17.4 Å². The van der Waals surface area contributed by atoms with Crippen molar-refractivity contribution in [1.29, 1.82) is 5.26 Å². The number of nitrogens with zero attached hydrogens (tertiary/aromatic N) is 5. The number of likely N-dealkylation sites (tertiary alicyclic amines) is 1. The lowest BCUT2D eigenvalue weighted by Crippen LogP contribution is -2.49. The predicted octanol–water partition coefficient (Wildman–Crippen LogP) is 0.921. The molecule has 0 bridgehead atoms. The number of carbonyl (C=O) groups excluding carboxylic acids is 1. The number of nitrogens with one attached hydrogen (secondary N) is 1. The lowest BCUT2D eigenvalue weighted by atomic mass is 9.93. The first kappa shape index (κ1) is 22.0. The quantitative estimate of drug-likeness (QED) is 0.343. The molecule has 0 radical (unpaired) electrons. The highest BCUT2D eigenvalue weighted by molar-refractivity contribution is 6.20. The zero-order valence-corrected chi connectivity index (χ0v) is 17.2. The van der Waals surface area contributed by atoms with Gasteiger partial charge in [-0.05, 0) is 43.3 Å². The van der Waals surface area contributed by atoms with E-state index < -0.39 is 11.7 Å². The van der Waals surface area contributed by atoms with Gasteiger partial charge >= 0.3 is 0 Å². The lowest BCUT2D eigenvalue weighted by Gasteiger charge is -2.35. The molecule has 1 aliphatic rings. The molecule has 0 spiro atoms. The molecule has 2 atom stereocenters. The van der Waals surface area contributed by atoms with Crippen LogP contribution in [0, 0.1) is 23.1 Å². The van der Waals surface area contributed by atoms with E-state index in [1.54, 1.807) is 4.68 Å². The number of nitriles is 1. The number of halogens is 1. The monoisotopic (exact) mass is 424 g/mol. The average molecular weight is 424 g/mol. The van der Waals surface area contributed by atoms with E-state index in [0.717, 1.165) is 12.2 Å². The van der Waals surface area contributed by atoms with Crippen molar-refractivity contribution < 1.29 is 9.18 Å². The Kier molecular flexibility index (Phi) is 6.99. The molecular weight excluding hydrogens is 399 g/mol. The molecule has 5 N–H and O–H groups in total. The molecule has 1 aromatic carbocycles. The lowest BCUT2D eigenvalue weighted by molar-refractivity contribution is -0.114. The fourth-order valence-corrected chi connectivity index (χ4v) is 3.44. The summed E-state index contributed by atoms with van der Waals surface area (Å²) in [5.41, 5.74) is 12.8. The summed E-state index contributed by atoms with van der Waals surface area (Å²) >= 11 is 0. The molecule has 2 aromatic rings. The number of rotatable bonds is 7. The van der Waals surface area contributed by atoms with Crippen LogP contribution in [0.5, 0.6) is 0 Å². The Hall–Kier alpha value is -3.71. The molecule has 1 amide bonds. The molecule has 1 saturated heterocycles. The van der Waals surface area contributed by atoms with Crippen LogP contribution < -0.4 is 16.8 Å². The number of benzene rings is 1. The number of hydrogen-bond donors (Lipinski definition) is 3. The van der Waals surface area contributed by atoms with E-state index in [0.29, 0.717) is 25.2 Å². The average Bonchev–Trinajstić information content (AvgIpc) is 3.14. The van der Waals surface area contributed by atoms with Crippen LogP contribution in [-0.4, -0.2) is 45.6 Å². The molecule has 0 saturated carbocycles. The molecule has 9 nitrogen and oxygen atoms in total. The number of aromatic nitrogens is 2. The number of carbonyl (C=O) groups is 1. The number of aliphatic imine (C=N–C) groups is 1. The van der Waals surface area contributed by atoms with Gasteiger partial charge in [0.05, 0.1) is 35.0 Å². The standard InChI is InChI=1S/C21H25FN8O/c1-29-8-7-17(28-29)12-30-9-6-14(10-23)19(13-30)26-11-18(21(25)31)20(24)27-16-4-2-15(22)3-5-16/h2-5,7-8,11,14,19,26H,6,9,12-13H2,1H3,(H2,24,27)(H2,25,31)/b18-11+/t14-,19?/m0/s1. The summed E-state index contributed by atoms with van der Waals surface area (Å²) < 4.78 is 14.8. The first-order chi connectivity index (χ1) is 14.9. The normalized spacial score (nSPS) is 20.3. The summed E-state index contributed by atoms with van der Waals surface area (Å²) in [6, 6.07) is 9.42. The minimum absolute atomic E-state index is 0.0112. The molecule has 1 aromatic heterocycles. The number of amides is 1. The molecule has 1 aliphatic heterocycles. The third kappa shape index (κ3) is 5.90. The van der Waals surface area contributed by atoms with Gasteiger partial charge in [0.15, 0.2) is 0 Å². The number of nitrogens with two attached hydrogens (primary N) is 2. The summed E-state index contributed by atoms with van der Waals surface area (Å²) in [6.45, 7) is 2.03. The largest absolute Gasteiger partial charge is 0.385 e. The highest BCUT2D eigenvalue weighted by Gasteiger charge is 2.29. The molecule has 2 heterocycles. The Balaban J connectivity index is 1.73. The van der Waals surface area contributed by atoms with Crippen LogP contribution in [0.1, 0.15) is 12.1 Å². The number of primary amides is 1. The third-order valence-corrected chi connectivity index (χ3v) is 5.08. The van der Waals surface area contributed by atoms with Gasteiger partial charge in [-0.3, -0.25) is 14.4 Å². The van der Waals surface area contributed by atoms with E-state index in [1.165, 1.54) is 30.5 Å². The van der Waals surface area contributed by atoms with Crippen LogP contribution in [0.25, 0.3) is 0 Å². The Morgan fingerprint density at radius 1 is 1.39 bits per heavy atom. The van der Waals surface area contributed by atoms with Crippen molar-refractivity contribution in [2.45, 2.75) is 19.0 Å². The molecule has 3 rings (SSSR count). The maximum atomic E-state index is 13.1. The Bertz CT molecular complexity index is 1020. The molecule has 1 fully saturated rings. The molecule has 162 valence electrons. The van der Waals surface area contributed by atoms with Crippen LogP contribution in [0.4, 0.5) is 10.1 Å². The van der Waals surface area contributed by atoms with Gasteiger partial charge < -0.3 is 16.8 Å². The predicted molar refractivity (Wildman–Crippen MR) is 114 cm³/mol. The summed E-state index contributed by atoms with van der Waals surface area (Å²) in [7, 11) is 1.86. The first-order valence-corrected chi connectivity index (χ1v) is 9.82. The van der Waals surface area contributed by atoms with E-state index >= 15 is 0 Å². The van der Waals surface area contributed by atoms with Crippen molar-refractivity contribution in [3.8, 4) is 6.07 Å². The van der Waals surface area contributed by atoms with Gasteiger partial charge in [0, 0.05) is 32.5 Å². The molecular formula is C21H25FN8O. The zero-order valence-electron chi connectivity index (χ0n) is 17.2. The van der Waals surface area contributed by atoms with Crippen LogP contribution in [0.2, 0.25) is 0 Å². The minimum Gasteiger partial charge on any atom is -0.385 e. The van der Waals surface area contributed by atoms with Crippen molar-refractivity contribution in [2.24, 2.45) is 29.4 Å². The SMILES string of the molecule is Cn1ccc(CN2CC[C@@H](C#N)C(N/C=C(/C(N)=O)C(N)=Nc3ccc(F)cc3)C2)n1. The molecule has 1 unspecified atom stereocenters. The van der Waals surface area contributed by atoms with E-state index in [2.05, 4.69) is 26.4 Å². The second-order valence-electron chi connectivity index (χ2n) is 7.41. The number of hydrogen-bond acceptors (Lipinski definition) is 6. The fourth-order valence-electron chi connectivity index (χ4n) is 3.44. The van der Waals surface area contributed by atoms with Crippen LogP contribution in [0.15, 0.2) is 53.3 Å². The summed E-state index contributed by atoms with van der Waals surface area (Å²) in [5, 5.41) is 17.0. The Labute approximate surface area is 179 Å². The van der Waals surface area contributed by atoms with Gasteiger partial charge in [-0.1, -0.05) is 0 Å². The van der Waals surface area contributed by atoms with Gasteiger partial charge in [0.25, 0.3) is 5.91 Å². The van der Waals surface area contributed by atoms with Crippen LogP contribution >= 0.6 is 0 Å². The topological polar surface area (TPSA) is 138 Å². The second-order valence-corrected chi connectivity index (χ2v) is 7.41. The van der Waals surface area contributed by atoms with Gasteiger partial charge in [-0.25, -0.2) is 9.38 Å². The van der Waals surface area contributed by atoms with Gasteiger partial charge in [-0.15, -0.1) is 0 Å². The number of amidine groups is 1. The summed E-state index contributed by atoms with van der Waals surface area (Å²) in [5.74, 6) is -1.49. The van der Waals surface area contributed by atoms with E-state index in [-0.39, 0.29) is 23.4 Å². The fraction of sp³-hybridized carbons (Fsp3) is 0.333. The van der Waals surface area contributed by atoms with E-state index in [9.17, 15) is 14.4 Å². The van der Waals surface area contributed by atoms with Crippen LogP contribution in [-0.2, 0) is 18.4 Å². The Morgan fingerprint density at radius 3 is 2.74 bits per heavy atom. The Morgan fingerprint density at radius 2 is 2.13 bits per heavy atom. The number of aryl methyl sites for hydroxylation is 1. The van der Waals surface area contributed by atoms with E-state index in [1.807, 2.05) is 19.3 Å².